The lowest BCUT2D eigenvalue weighted by molar-refractivity contribution is -0.904. The Morgan fingerprint density at radius 2 is 1.86 bits per heavy atom. The molecule has 0 aliphatic carbocycles. The molecular formula is C18H29N2O+. The molecule has 2 atom stereocenters. The van der Waals surface area contributed by atoms with Crippen molar-refractivity contribution in [1.29, 1.82) is 0 Å². The van der Waals surface area contributed by atoms with Crippen LogP contribution in [0.25, 0.3) is 0 Å². The molecule has 2 rings (SSSR count). The fourth-order valence-corrected chi connectivity index (χ4v) is 3.60. The molecule has 1 aromatic rings. The monoisotopic (exact) mass is 289 g/mol. The van der Waals surface area contributed by atoms with Gasteiger partial charge in [0.05, 0.1) is 13.1 Å². The van der Waals surface area contributed by atoms with Crippen LogP contribution in [0.5, 0.6) is 0 Å². The molecule has 116 valence electrons. The molecule has 1 fully saturated rings. The summed E-state index contributed by atoms with van der Waals surface area (Å²) in [5, 5.41) is 3.11. The van der Waals surface area contributed by atoms with Crippen molar-refractivity contribution < 1.29 is 9.69 Å². The molecular weight excluding hydrogens is 260 g/mol. The molecule has 1 heterocycles. The molecule has 2 N–H and O–H groups in total. The van der Waals surface area contributed by atoms with Crippen molar-refractivity contribution in [3.63, 3.8) is 0 Å². The zero-order valence-electron chi connectivity index (χ0n) is 13.8. The Labute approximate surface area is 128 Å². The standard InChI is InChI=1S/C18H28N2O/c1-13(2)16-7-5-6-8-17(16)19-18(21)12-20-10-14(3)9-15(4)11-20/h5-8,13-15H,9-12H2,1-4H3,(H,19,21)/p+1/t14-,15-/m1/s1. The zero-order chi connectivity index (χ0) is 15.4. The van der Waals surface area contributed by atoms with Crippen LogP contribution >= 0.6 is 0 Å². The topological polar surface area (TPSA) is 33.5 Å². The van der Waals surface area contributed by atoms with E-state index in [0.717, 1.165) is 30.6 Å². The summed E-state index contributed by atoms with van der Waals surface area (Å²) in [6, 6.07) is 8.12. The molecule has 0 unspecified atom stereocenters. The van der Waals surface area contributed by atoms with Crippen LogP contribution < -0.4 is 10.2 Å². The SMILES string of the molecule is CC(C)c1ccccc1NC(=O)C[NH+]1C[C@H](C)C[C@@H](C)C1. The summed E-state index contributed by atoms with van der Waals surface area (Å²) >= 11 is 0. The second kappa shape index (κ2) is 7.08. The highest BCUT2D eigenvalue weighted by molar-refractivity contribution is 5.92. The third-order valence-electron chi connectivity index (χ3n) is 4.35. The van der Waals surface area contributed by atoms with Crippen LogP contribution in [0, 0.1) is 11.8 Å². The van der Waals surface area contributed by atoms with E-state index in [1.165, 1.54) is 16.9 Å². The molecule has 1 saturated heterocycles. The Morgan fingerprint density at radius 3 is 2.48 bits per heavy atom. The molecule has 0 aromatic heterocycles. The Hall–Kier alpha value is -1.35. The quantitative estimate of drug-likeness (QED) is 0.876. The predicted octanol–water partition coefficient (Wildman–Crippen LogP) is 2.31. The maximum atomic E-state index is 12.3. The van der Waals surface area contributed by atoms with E-state index in [-0.39, 0.29) is 5.91 Å². The molecule has 21 heavy (non-hydrogen) atoms. The van der Waals surface area contributed by atoms with Gasteiger partial charge in [-0.3, -0.25) is 4.79 Å². The van der Waals surface area contributed by atoms with Crippen molar-refractivity contribution in [2.75, 3.05) is 25.0 Å². The van der Waals surface area contributed by atoms with Crippen molar-refractivity contribution in [1.82, 2.24) is 0 Å². The van der Waals surface area contributed by atoms with Crippen molar-refractivity contribution >= 4 is 11.6 Å². The number of nitrogens with one attached hydrogen (secondary N) is 2. The molecule has 3 heteroatoms. The van der Waals surface area contributed by atoms with Gasteiger partial charge in [0, 0.05) is 17.5 Å². The van der Waals surface area contributed by atoms with E-state index in [9.17, 15) is 4.79 Å². The lowest BCUT2D eigenvalue weighted by atomic mass is 9.92. The van der Waals surface area contributed by atoms with Crippen molar-refractivity contribution in [2.24, 2.45) is 11.8 Å². The minimum absolute atomic E-state index is 0.138. The summed E-state index contributed by atoms with van der Waals surface area (Å²) in [5.41, 5.74) is 2.18. The maximum absolute atomic E-state index is 12.3. The number of anilines is 1. The van der Waals surface area contributed by atoms with Gasteiger partial charge in [-0.2, -0.15) is 0 Å². The number of para-hydroxylation sites is 1. The number of hydrogen-bond donors (Lipinski definition) is 2. The minimum Gasteiger partial charge on any atom is -0.327 e. The minimum atomic E-state index is 0.138. The van der Waals surface area contributed by atoms with E-state index >= 15 is 0 Å². The Morgan fingerprint density at radius 1 is 1.24 bits per heavy atom. The fraction of sp³-hybridized carbons (Fsp3) is 0.611. The number of piperidine rings is 1. The predicted molar refractivity (Wildman–Crippen MR) is 87.7 cm³/mol. The summed E-state index contributed by atoms with van der Waals surface area (Å²) in [6.07, 6.45) is 1.29. The Bertz CT molecular complexity index is 474. The van der Waals surface area contributed by atoms with Gasteiger partial charge in [-0.25, -0.2) is 0 Å². The van der Waals surface area contributed by atoms with E-state index in [4.69, 9.17) is 0 Å². The number of quaternary nitrogens is 1. The maximum Gasteiger partial charge on any atom is 0.279 e. The van der Waals surface area contributed by atoms with Gasteiger partial charge in [-0.15, -0.1) is 0 Å². The van der Waals surface area contributed by atoms with Gasteiger partial charge in [0.1, 0.15) is 0 Å². The molecule has 0 spiro atoms. The molecule has 0 bridgehead atoms. The fourth-order valence-electron chi connectivity index (χ4n) is 3.60. The van der Waals surface area contributed by atoms with Crippen molar-refractivity contribution in [3.8, 4) is 0 Å². The number of hydrogen-bond acceptors (Lipinski definition) is 1. The largest absolute Gasteiger partial charge is 0.327 e. The third kappa shape index (κ3) is 4.57. The average Bonchev–Trinajstić information content (AvgIpc) is 2.37. The van der Waals surface area contributed by atoms with Gasteiger partial charge in [0.15, 0.2) is 6.54 Å². The van der Waals surface area contributed by atoms with Gasteiger partial charge in [0.25, 0.3) is 5.91 Å². The summed E-state index contributed by atoms with van der Waals surface area (Å²) in [4.78, 5) is 13.8. The highest BCUT2D eigenvalue weighted by atomic mass is 16.2. The van der Waals surface area contributed by atoms with Crippen LogP contribution in [0.2, 0.25) is 0 Å². The number of carbonyl (C=O) groups excluding carboxylic acids is 1. The van der Waals surface area contributed by atoms with E-state index in [1.807, 2.05) is 18.2 Å². The summed E-state index contributed by atoms with van der Waals surface area (Å²) in [7, 11) is 0. The molecule has 0 radical (unpaired) electrons. The van der Waals surface area contributed by atoms with Crippen LogP contribution in [0.3, 0.4) is 0 Å². The Balaban J connectivity index is 1.96. The van der Waals surface area contributed by atoms with E-state index in [2.05, 4.69) is 39.1 Å². The molecule has 1 aliphatic rings. The van der Waals surface area contributed by atoms with Gasteiger partial charge in [0.2, 0.25) is 0 Å². The number of amides is 1. The smallest absolute Gasteiger partial charge is 0.279 e. The molecule has 1 aromatic carbocycles. The first-order valence-corrected chi connectivity index (χ1v) is 8.18. The van der Waals surface area contributed by atoms with Crippen LogP contribution in [-0.4, -0.2) is 25.5 Å². The average molecular weight is 289 g/mol. The summed E-state index contributed by atoms with van der Waals surface area (Å²) < 4.78 is 0. The van der Waals surface area contributed by atoms with E-state index in [0.29, 0.717) is 12.5 Å². The normalized spacial score (nSPS) is 25.9. The highest BCUT2D eigenvalue weighted by Crippen LogP contribution is 2.23. The van der Waals surface area contributed by atoms with Gasteiger partial charge in [-0.1, -0.05) is 45.9 Å². The van der Waals surface area contributed by atoms with E-state index in [1.54, 1.807) is 0 Å². The number of rotatable bonds is 4. The van der Waals surface area contributed by atoms with E-state index < -0.39 is 0 Å². The molecule has 0 saturated carbocycles. The van der Waals surface area contributed by atoms with Crippen molar-refractivity contribution in [3.05, 3.63) is 29.8 Å². The molecule has 1 aliphatic heterocycles. The van der Waals surface area contributed by atoms with Crippen molar-refractivity contribution in [2.45, 2.75) is 40.0 Å². The third-order valence-corrected chi connectivity index (χ3v) is 4.35. The first-order chi connectivity index (χ1) is 9.95. The second-order valence-corrected chi connectivity index (χ2v) is 7.07. The summed E-state index contributed by atoms with van der Waals surface area (Å²) in [5.74, 6) is 2.00. The summed E-state index contributed by atoms with van der Waals surface area (Å²) in [6.45, 7) is 11.7. The molecule has 1 amide bonds. The van der Waals surface area contributed by atoms with Crippen LogP contribution in [0.1, 0.15) is 45.6 Å². The zero-order valence-corrected chi connectivity index (χ0v) is 13.8. The first kappa shape index (κ1) is 16.0. The lowest BCUT2D eigenvalue weighted by Gasteiger charge is -2.31. The van der Waals surface area contributed by atoms with Crippen LogP contribution in [0.15, 0.2) is 24.3 Å². The molecule has 3 nitrogen and oxygen atoms in total. The lowest BCUT2D eigenvalue weighted by Crippen LogP contribution is -3.15. The van der Waals surface area contributed by atoms with Gasteiger partial charge < -0.3 is 10.2 Å². The first-order valence-electron chi connectivity index (χ1n) is 8.18. The number of carbonyl (C=O) groups is 1. The van der Waals surface area contributed by atoms with Gasteiger partial charge in [-0.05, 0) is 24.0 Å². The number of benzene rings is 1. The highest BCUT2D eigenvalue weighted by Gasteiger charge is 2.26. The van der Waals surface area contributed by atoms with Gasteiger partial charge >= 0.3 is 0 Å². The van der Waals surface area contributed by atoms with Crippen LogP contribution in [0.4, 0.5) is 5.69 Å². The number of likely N-dealkylation sites (tertiary alicyclic amines) is 1. The Kier molecular flexibility index (Phi) is 5.40. The second-order valence-electron chi connectivity index (χ2n) is 7.07. The van der Waals surface area contributed by atoms with Crippen LogP contribution in [-0.2, 0) is 4.79 Å².